The van der Waals surface area contributed by atoms with Gasteiger partial charge >= 0.3 is 0 Å². The van der Waals surface area contributed by atoms with Gasteiger partial charge in [0.2, 0.25) is 15.9 Å². The van der Waals surface area contributed by atoms with Gasteiger partial charge in [-0.15, -0.1) is 0 Å². The molecule has 1 N–H and O–H groups in total. The highest BCUT2D eigenvalue weighted by atomic mass is 35.5. The zero-order valence-electron chi connectivity index (χ0n) is 15.2. The third-order valence-corrected chi connectivity index (χ3v) is 6.88. The first-order chi connectivity index (χ1) is 12.8. The Labute approximate surface area is 165 Å². The van der Waals surface area contributed by atoms with Gasteiger partial charge in [0, 0.05) is 23.8 Å². The van der Waals surface area contributed by atoms with Crippen molar-refractivity contribution in [2.45, 2.75) is 25.5 Å². The largest absolute Gasteiger partial charge is 0.326 e. The van der Waals surface area contributed by atoms with Gasteiger partial charge in [-0.2, -0.15) is 0 Å². The highest BCUT2D eigenvalue weighted by molar-refractivity contribution is 7.88. The van der Waals surface area contributed by atoms with Crippen LogP contribution in [0.4, 0.5) is 5.69 Å². The number of para-hydroxylation sites is 1. The monoisotopic (exact) mass is 406 g/mol. The van der Waals surface area contributed by atoms with Crippen LogP contribution in [0.2, 0.25) is 5.02 Å². The second-order valence-corrected chi connectivity index (χ2v) is 9.29. The van der Waals surface area contributed by atoms with Crippen LogP contribution < -0.4 is 5.32 Å². The van der Waals surface area contributed by atoms with Crippen molar-refractivity contribution in [2.24, 2.45) is 5.92 Å². The smallest absolute Gasteiger partial charge is 0.228 e. The lowest BCUT2D eigenvalue weighted by Crippen LogP contribution is -2.44. The number of aryl methyl sites for hydroxylation is 1. The summed E-state index contributed by atoms with van der Waals surface area (Å²) in [6.07, 6.45) is 1.36. The number of carbonyl (C=O) groups excluding carboxylic acids is 1. The lowest BCUT2D eigenvalue weighted by molar-refractivity contribution is -0.120. The van der Waals surface area contributed by atoms with Crippen LogP contribution in [0.25, 0.3) is 0 Å². The first-order valence-electron chi connectivity index (χ1n) is 8.94. The Bertz CT molecular complexity index is 913. The number of nitrogens with zero attached hydrogens (tertiary/aromatic N) is 1. The minimum absolute atomic E-state index is 0.0870. The third-order valence-electron chi connectivity index (χ3n) is 4.81. The highest BCUT2D eigenvalue weighted by Crippen LogP contribution is 2.24. The van der Waals surface area contributed by atoms with Crippen molar-refractivity contribution in [1.29, 1.82) is 0 Å². The van der Waals surface area contributed by atoms with E-state index in [0.717, 1.165) is 11.3 Å². The number of anilines is 1. The fourth-order valence-electron chi connectivity index (χ4n) is 3.24. The number of sulfonamides is 1. The predicted octanol–water partition coefficient (Wildman–Crippen LogP) is 3.83. The van der Waals surface area contributed by atoms with Crippen LogP contribution in [0.1, 0.15) is 24.0 Å². The van der Waals surface area contributed by atoms with Gasteiger partial charge in [-0.3, -0.25) is 4.79 Å². The molecule has 0 aliphatic carbocycles. The van der Waals surface area contributed by atoms with Gasteiger partial charge in [0.15, 0.2) is 0 Å². The molecule has 27 heavy (non-hydrogen) atoms. The Morgan fingerprint density at radius 2 is 1.89 bits per heavy atom. The predicted molar refractivity (Wildman–Crippen MR) is 108 cm³/mol. The van der Waals surface area contributed by atoms with Crippen LogP contribution in [0.5, 0.6) is 0 Å². The number of amides is 1. The summed E-state index contributed by atoms with van der Waals surface area (Å²) in [7, 11) is -3.49. The van der Waals surface area contributed by atoms with Gasteiger partial charge in [-0.1, -0.05) is 41.9 Å². The molecular formula is C20H23ClN2O3S. The van der Waals surface area contributed by atoms with Gasteiger partial charge in [0.25, 0.3) is 0 Å². The first kappa shape index (κ1) is 19.9. The normalized spacial score (nSPS) is 18.2. The fraction of sp³-hybridized carbons (Fsp3) is 0.350. The standard InChI is InChI=1S/C20H23ClN2O3S/c1-15-5-2-3-7-19(15)22-20(24)17-6-4-12-23(13-17)27(25,26)14-16-8-10-18(21)11-9-16/h2-3,5,7-11,17H,4,6,12-14H2,1H3,(H,22,24)/t17-/m0/s1. The number of halogens is 1. The molecule has 3 rings (SSSR count). The zero-order valence-corrected chi connectivity index (χ0v) is 16.8. The molecule has 1 aliphatic rings. The fourth-order valence-corrected chi connectivity index (χ4v) is 4.98. The van der Waals surface area contributed by atoms with Crippen molar-refractivity contribution in [3.05, 3.63) is 64.7 Å². The molecule has 2 aromatic carbocycles. The molecule has 1 fully saturated rings. The Morgan fingerprint density at radius 3 is 2.59 bits per heavy atom. The van der Waals surface area contributed by atoms with Crippen molar-refractivity contribution in [1.82, 2.24) is 4.31 Å². The van der Waals surface area contributed by atoms with E-state index in [2.05, 4.69) is 5.32 Å². The molecular weight excluding hydrogens is 384 g/mol. The number of carbonyl (C=O) groups is 1. The molecule has 0 radical (unpaired) electrons. The molecule has 1 saturated heterocycles. The van der Waals surface area contributed by atoms with Crippen molar-refractivity contribution in [3.8, 4) is 0 Å². The number of nitrogens with one attached hydrogen (secondary N) is 1. The van der Waals surface area contributed by atoms with Crippen LogP contribution in [-0.2, 0) is 20.6 Å². The van der Waals surface area contributed by atoms with Crippen LogP contribution in [0, 0.1) is 12.8 Å². The van der Waals surface area contributed by atoms with E-state index in [1.54, 1.807) is 24.3 Å². The maximum Gasteiger partial charge on any atom is 0.228 e. The topological polar surface area (TPSA) is 66.5 Å². The molecule has 0 saturated carbocycles. The van der Waals surface area contributed by atoms with Crippen LogP contribution in [0.3, 0.4) is 0 Å². The molecule has 1 heterocycles. The molecule has 0 unspecified atom stereocenters. The van der Waals surface area contributed by atoms with Crippen LogP contribution >= 0.6 is 11.6 Å². The Hall–Kier alpha value is -1.89. The zero-order chi connectivity index (χ0) is 19.4. The molecule has 1 amide bonds. The highest BCUT2D eigenvalue weighted by Gasteiger charge is 2.32. The van der Waals surface area contributed by atoms with Crippen molar-refractivity contribution in [2.75, 3.05) is 18.4 Å². The lowest BCUT2D eigenvalue weighted by Gasteiger charge is -2.31. The SMILES string of the molecule is Cc1ccccc1NC(=O)[C@H]1CCCN(S(=O)(=O)Cc2ccc(Cl)cc2)C1. The van der Waals surface area contributed by atoms with Crippen molar-refractivity contribution >= 4 is 33.2 Å². The molecule has 0 spiro atoms. The number of hydrogen-bond acceptors (Lipinski definition) is 3. The number of benzene rings is 2. The van der Waals surface area contributed by atoms with Gasteiger partial charge in [0.05, 0.1) is 11.7 Å². The van der Waals surface area contributed by atoms with Gasteiger partial charge in [-0.05, 0) is 49.1 Å². The Kier molecular flexibility index (Phi) is 6.19. The van der Waals surface area contributed by atoms with Crippen molar-refractivity contribution < 1.29 is 13.2 Å². The summed E-state index contributed by atoms with van der Waals surface area (Å²) in [4.78, 5) is 12.6. The number of rotatable bonds is 5. The van der Waals surface area contributed by atoms with Gasteiger partial charge in [-0.25, -0.2) is 12.7 Å². The summed E-state index contributed by atoms with van der Waals surface area (Å²) in [5, 5.41) is 3.50. The van der Waals surface area contributed by atoms with E-state index in [4.69, 9.17) is 11.6 Å². The van der Waals surface area contributed by atoms with Crippen LogP contribution in [-0.4, -0.2) is 31.7 Å². The molecule has 0 bridgehead atoms. The molecule has 144 valence electrons. The van der Waals surface area contributed by atoms with E-state index in [0.29, 0.717) is 30.0 Å². The summed E-state index contributed by atoms with van der Waals surface area (Å²) in [5.74, 6) is -0.565. The minimum atomic E-state index is -3.49. The summed E-state index contributed by atoms with van der Waals surface area (Å²) in [6, 6.07) is 14.4. The molecule has 7 heteroatoms. The van der Waals surface area contributed by atoms with E-state index in [1.165, 1.54) is 4.31 Å². The maximum absolute atomic E-state index is 12.8. The molecule has 0 aromatic heterocycles. The summed E-state index contributed by atoms with van der Waals surface area (Å²) < 4.78 is 27.0. The molecule has 2 aromatic rings. The maximum atomic E-state index is 12.8. The Balaban J connectivity index is 1.66. The second-order valence-electron chi connectivity index (χ2n) is 6.88. The van der Waals surface area contributed by atoms with E-state index < -0.39 is 10.0 Å². The van der Waals surface area contributed by atoms with E-state index in [-0.39, 0.29) is 24.1 Å². The number of hydrogen-bond donors (Lipinski definition) is 1. The van der Waals surface area contributed by atoms with E-state index >= 15 is 0 Å². The summed E-state index contributed by atoms with van der Waals surface area (Å²) in [5.41, 5.74) is 2.43. The summed E-state index contributed by atoms with van der Waals surface area (Å²) in [6.45, 7) is 2.59. The summed E-state index contributed by atoms with van der Waals surface area (Å²) >= 11 is 5.86. The van der Waals surface area contributed by atoms with E-state index in [9.17, 15) is 13.2 Å². The quantitative estimate of drug-likeness (QED) is 0.820. The van der Waals surface area contributed by atoms with E-state index in [1.807, 2.05) is 31.2 Å². The van der Waals surface area contributed by atoms with Gasteiger partial charge < -0.3 is 5.32 Å². The second kappa shape index (κ2) is 8.42. The molecule has 5 nitrogen and oxygen atoms in total. The van der Waals surface area contributed by atoms with Gasteiger partial charge in [0.1, 0.15) is 0 Å². The lowest BCUT2D eigenvalue weighted by atomic mass is 9.98. The average molecular weight is 407 g/mol. The number of piperidine rings is 1. The third kappa shape index (κ3) is 5.09. The molecule has 1 atom stereocenters. The average Bonchev–Trinajstić information content (AvgIpc) is 2.65. The minimum Gasteiger partial charge on any atom is -0.326 e. The molecule has 1 aliphatic heterocycles. The van der Waals surface area contributed by atoms with Crippen molar-refractivity contribution in [3.63, 3.8) is 0 Å². The van der Waals surface area contributed by atoms with Crippen LogP contribution in [0.15, 0.2) is 48.5 Å². The first-order valence-corrected chi connectivity index (χ1v) is 10.9. The Morgan fingerprint density at radius 1 is 1.19 bits per heavy atom.